The zero-order chi connectivity index (χ0) is 22.3. The van der Waals surface area contributed by atoms with E-state index in [0.717, 1.165) is 11.6 Å². The Bertz CT molecular complexity index is 1020. The molecule has 0 spiro atoms. The summed E-state index contributed by atoms with van der Waals surface area (Å²) in [6.07, 6.45) is -3.59. The first-order valence-electron chi connectivity index (χ1n) is 9.73. The van der Waals surface area contributed by atoms with E-state index < -0.39 is 23.5 Å². The molecule has 2 aromatic carbocycles. The van der Waals surface area contributed by atoms with Gasteiger partial charge in [0.1, 0.15) is 17.3 Å². The number of alkyl halides is 3. The van der Waals surface area contributed by atoms with Gasteiger partial charge < -0.3 is 14.2 Å². The molecule has 0 saturated heterocycles. The third-order valence-corrected chi connectivity index (χ3v) is 6.48. The second-order valence-electron chi connectivity index (χ2n) is 7.64. The van der Waals surface area contributed by atoms with Crippen molar-refractivity contribution in [2.45, 2.75) is 37.3 Å². The van der Waals surface area contributed by atoms with Gasteiger partial charge in [-0.2, -0.15) is 13.2 Å². The van der Waals surface area contributed by atoms with E-state index in [2.05, 4.69) is 15.9 Å². The van der Waals surface area contributed by atoms with Crippen LogP contribution in [0, 0.1) is 5.82 Å². The summed E-state index contributed by atoms with van der Waals surface area (Å²) in [5, 5.41) is 0. The average molecular weight is 503 g/mol. The Labute approximate surface area is 184 Å². The predicted octanol–water partition coefficient (Wildman–Crippen LogP) is 5.75. The van der Waals surface area contributed by atoms with E-state index in [1.54, 1.807) is 18.2 Å². The molecule has 1 heterocycles. The van der Waals surface area contributed by atoms with Crippen molar-refractivity contribution >= 4 is 21.9 Å². The lowest BCUT2D eigenvalue weighted by Gasteiger charge is -2.18. The lowest BCUT2D eigenvalue weighted by molar-refractivity contribution is -0.141. The van der Waals surface area contributed by atoms with Gasteiger partial charge in [0, 0.05) is 27.9 Å². The highest BCUT2D eigenvalue weighted by Crippen LogP contribution is 2.45. The zero-order valence-electron chi connectivity index (χ0n) is 16.5. The van der Waals surface area contributed by atoms with Gasteiger partial charge in [0.05, 0.1) is 32.3 Å². The Hall–Kier alpha value is -2.29. The molecule has 0 fully saturated rings. The monoisotopic (exact) mass is 502 g/mol. The number of esters is 1. The van der Waals surface area contributed by atoms with Crippen LogP contribution in [-0.4, -0.2) is 26.3 Å². The summed E-state index contributed by atoms with van der Waals surface area (Å²) in [4.78, 5) is 11.5. The number of hydrogen-bond donors (Lipinski definition) is 0. The minimum Gasteiger partial charge on any atom is -0.493 e. The highest BCUT2D eigenvalue weighted by Gasteiger charge is 2.39. The topological polar surface area (TPSA) is 44.8 Å². The maximum atomic E-state index is 14.7. The Kier molecular flexibility index (Phi) is 5.89. The molecule has 31 heavy (non-hydrogen) atoms. The summed E-state index contributed by atoms with van der Waals surface area (Å²) in [5.74, 6) is -1.09. The van der Waals surface area contributed by atoms with Crippen LogP contribution in [0.25, 0.3) is 0 Å². The van der Waals surface area contributed by atoms with E-state index in [-0.39, 0.29) is 35.0 Å². The number of fused-ring (bicyclic) bond motifs is 2. The average Bonchev–Trinajstić information content (AvgIpc) is 3.32. The molecule has 2 unspecified atom stereocenters. The van der Waals surface area contributed by atoms with Crippen LogP contribution in [0.2, 0.25) is 0 Å². The van der Waals surface area contributed by atoms with Gasteiger partial charge in [0.25, 0.3) is 0 Å². The lowest BCUT2D eigenvalue weighted by atomic mass is 9.97. The minimum atomic E-state index is -4.77. The van der Waals surface area contributed by atoms with Crippen molar-refractivity contribution in [3.05, 3.63) is 56.8 Å². The summed E-state index contributed by atoms with van der Waals surface area (Å²) in [5.41, 5.74) is 0.223. The molecule has 166 valence electrons. The lowest BCUT2D eigenvalue weighted by Crippen LogP contribution is -2.14. The van der Waals surface area contributed by atoms with Gasteiger partial charge in [-0.15, -0.1) is 0 Å². The molecule has 0 bridgehead atoms. The van der Waals surface area contributed by atoms with Crippen LogP contribution < -0.4 is 9.47 Å². The van der Waals surface area contributed by atoms with Crippen molar-refractivity contribution in [3.8, 4) is 11.5 Å². The van der Waals surface area contributed by atoms with E-state index in [1.165, 1.54) is 7.11 Å². The van der Waals surface area contributed by atoms with Crippen molar-refractivity contribution in [2.75, 3.05) is 20.3 Å². The normalized spacial score (nSPS) is 19.5. The molecule has 0 amide bonds. The van der Waals surface area contributed by atoms with Gasteiger partial charge in [0.15, 0.2) is 0 Å². The number of carbonyl (C=O) groups is 1. The Morgan fingerprint density at radius 1 is 1.26 bits per heavy atom. The maximum Gasteiger partial charge on any atom is 0.419 e. The summed E-state index contributed by atoms with van der Waals surface area (Å²) in [6.45, 7) is 0.394. The smallest absolute Gasteiger partial charge is 0.419 e. The summed E-state index contributed by atoms with van der Waals surface area (Å²) in [7, 11) is 1.33. The minimum absolute atomic E-state index is 0.0437. The second kappa shape index (κ2) is 8.33. The molecule has 2 atom stereocenters. The summed E-state index contributed by atoms with van der Waals surface area (Å²) in [6, 6.07) is 6.00. The quantitative estimate of drug-likeness (QED) is 0.385. The van der Waals surface area contributed by atoms with Gasteiger partial charge in [-0.3, -0.25) is 4.79 Å². The highest BCUT2D eigenvalue weighted by molar-refractivity contribution is 9.10. The Morgan fingerprint density at radius 3 is 2.74 bits per heavy atom. The highest BCUT2D eigenvalue weighted by atomic mass is 79.9. The first kappa shape index (κ1) is 21.9. The molecular weight excluding hydrogens is 484 g/mol. The molecular formula is C22H19BrF4O4. The first-order chi connectivity index (χ1) is 14.7. The Morgan fingerprint density at radius 2 is 2.03 bits per heavy atom. The number of benzene rings is 2. The molecule has 2 aromatic rings. The van der Waals surface area contributed by atoms with Crippen molar-refractivity contribution in [1.82, 2.24) is 0 Å². The van der Waals surface area contributed by atoms with Crippen LogP contribution in [0.4, 0.5) is 17.6 Å². The molecule has 2 aliphatic rings. The van der Waals surface area contributed by atoms with Gasteiger partial charge >= 0.3 is 12.1 Å². The number of carbonyl (C=O) groups excluding carboxylic acids is 1. The molecule has 0 aromatic heterocycles. The van der Waals surface area contributed by atoms with E-state index in [4.69, 9.17) is 14.2 Å². The second-order valence-corrected chi connectivity index (χ2v) is 8.50. The van der Waals surface area contributed by atoms with Gasteiger partial charge in [-0.25, -0.2) is 4.39 Å². The van der Waals surface area contributed by atoms with Crippen LogP contribution in [0.1, 0.15) is 46.9 Å². The van der Waals surface area contributed by atoms with Crippen LogP contribution >= 0.6 is 15.9 Å². The maximum absolute atomic E-state index is 14.7. The number of ether oxygens (including phenoxy) is 3. The van der Waals surface area contributed by atoms with Gasteiger partial charge in [-0.1, -0.05) is 22.0 Å². The Balaban J connectivity index is 1.50. The fourth-order valence-corrected chi connectivity index (χ4v) is 4.84. The number of methoxy groups -OCH3 is 1. The molecule has 0 radical (unpaired) electrons. The molecule has 4 nitrogen and oxygen atoms in total. The molecule has 9 heteroatoms. The van der Waals surface area contributed by atoms with Gasteiger partial charge in [-0.05, 0) is 36.1 Å². The van der Waals surface area contributed by atoms with Crippen molar-refractivity contribution < 1.29 is 36.6 Å². The standard InChI is InChI=1S/C22H19BrF4O4/c1-29-19(28)6-12-10-31-18-7-13(3-5-14(12)18)30-9-11-2-4-15-17(23)8-16(22(25,26)27)21(24)20(11)15/h3,5,7-8,11-12H,2,4,6,9-10H2,1H3. The van der Waals surface area contributed by atoms with E-state index in [9.17, 15) is 22.4 Å². The molecule has 0 N–H and O–H groups in total. The van der Waals surface area contributed by atoms with Crippen LogP contribution in [-0.2, 0) is 22.1 Å². The van der Waals surface area contributed by atoms with Crippen LogP contribution in [0.5, 0.6) is 11.5 Å². The van der Waals surface area contributed by atoms with E-state index >= 15 is 0 Å². The third-order valence-electron chi connectivity index (χ3n) is 5.77. The zero-order valence-corrected chi connectivity index (χ0v) is 18.1. The van der Waals surface area contributed by atoms with E-state index in [1.807, 2.05) is 0 Å². The van der Waals surface area contributed by atoms with Crippen molar-refractivity contribution in [2.24, 2.45) is 0 Å². The third kappa shape index (κ3) is 4.24. The van der Waals surface area contributed by atoms with E-state index in [0.29, 0.717) is 36.5 Å². The summed E-state index contributed by atoms with van der Waals surface area (Å²) < 4.78 is 70.7. The largest absolute Gasteiger partial charge is 0.493 e. The fourth-order valence-electron chi connectivity index (χ4n) is 4.20. The molecule has 4 rings (SSSR count). The number of halogens is 5. The van der Waals surface area contributed by atoms with Crippen LogP contribution in [0.3, 0.4) is 0 Å². The van der Waals surface area contributed by atoms with Gasteiger partial charge in [0.2, 0.25) is 0 Å². The summed E-state index contributed by atoms with van der Waals surface area (Å²) >= 11 is 3.15. The predicted molar refractivity (Wildman–Crippen MR) is 107 cm³/mol. The van der Waals surface area contributed by atoms with Crippen molar-refractivity contribution in [1.29, 1.82) is 0 Å². The molecule has 1 aliphatic carbocycles. The molecule has 1 aliphatic heterocycles. The van der Waals surface area contributed by atoms with Crippen LogP contribution in [0.15, 0.2) is 28.7 Å². The number of rotatable bonds is 5. The first-order valence-corrected chi connectivity index (χ1v) is 10.5. The molecule has 0 saturated carbocycles. The SMILES string of the molecule is COC(=O)CC1COc2cc(OCC3CCc4c(Br)cc(C(F)(F)F)c(F)c43)ccc21. The van der Waals surface area contributed by atoms with Crippen molar-refractivity contribution in [3.63, 3.8) is 0 Å². The number of hydrogen-bond acceptors (Lipinski definition) is 4. The fraction of sp³-hybridized carbons (Fsp3) is 0.409.